The van der Waals surface area contributed by atoms with Crippen LogP contribution in [0.5, 0.6) is 0 Å². The van der Waals surface area contributed by atoms with Gasteiger partial charge < -0.3 is 9.84 Å². The minimum atomic E-state index is -0.476. The number of ether oxygens (including phenoxy) is 1. The number of carbonyl (C=O) groups is 1. The van der Waals surface area contributed by atoms with E-state index in [0.717, 1.165) is 0 Å². The van der Waals surface area contributed by atoms with Gasteiger partial charge in [0.1, 0.15) is 12.4 Å². The fourth-order valence-electron chi connectivity index (χ4n) is 0.853. The van der Waals surface area contributed by atoms with Gasteiger partial charge in [-0.05, 0) is 12.1 Å². The Kier molecular flexibility index (Phi) is 3.75. The van der Waals surface area contributed by atoms with Gasteiger partial charge in [0.05, 0.1) is 7.11 Å². The molecule has 1 N–H and O–H groups in total. The minimum absolute atomic E-state index is 0.244. The number of rotatable bonds is 3. The van der Waals surface area contributed by atoms with Crippen molar-refractivity contribution < 1.29 is 14.6 Å². The Morgan fingerprint density at radius 2 is 2.50 bits per heavy atom. The van der Waals surface area contributed by atoms with E-state index in [-0.39, 0.29) is 12.4 Å². The van der Waals surface area contributed by atoms with Crippen molar-refractivity contribution in [3.63, 3.8) is 0 Å². The van der Waals surface area contributed by atoms with Gasteiger partial charge in [-0.2, -0.15) is 0 Å². The lowest BCUT2D eigenvalue weighted by molar-refractivity contribution is 0.0594. The van der Waals surface area contributed by atoms with Crippen molar-refractivity contribution >= 4 is 12.2 Å². The summed E-state index contributed by atoms with van der Waals surface area (Å²) < 4.78 is 4.48. The molecule has 1 rings (SSSR count). The molecule has 1 heterocycles. The largest absolute Gasteiger partial charge is 0.464 e. The van der Waals surface area contributed by atoms with E-state index in [9.17, 15) is 4.79 Å². The molecule has 0 aliphatic carbocycles. The van der Waals surface area contributed by atoms with Crippen molar-refractivity contribution in [2.75, 3.05) is 13.8 Å². The van der Waals surface area contributed by atoms with Gasteiger partial charge in [0.25, 0.3) is 0 Å². The van der Waals surface area contributed by atoms with E-state index in [1.807, 2.05) is 0 Å². The first kappa shape index (κ1) is 10.3. The Balaban J connectivity index is 2.78. The van der Waals surface area contributed by atoms with Crippen LogP contribution in [0.25, 0.3) is 0 Å². The van der Waals surface area contributed by atoms with Crippen LogP contribution in [0, 0.1) is 0 Å². The van der Waals surface area contributed by atoms with Crippen LogP contribution < -0.4 is 0 Å². The van der Waals surface area contributed by atoms with Crippen LogP contribution in [-0.2, 0) is 4.74 Å². The summed E-state index contributed by atoms with van der Waals surface area (Å²) in [7, 11) is 1.30. The Hall–Kier alpha value is -1.75. The number of aliphatic imine (C=N–C) groups is 1. The second-order valence-electron chi connectivity index (χ2n) is 2.42. The zero-order valence-corrected chi connectivity index (χ0v) is 7.67. The number of aliphatic hydroxyl groups excluding tert-OH is 1. The molecule has 0 aliphatic rings. The summed E-state index contributed by atoms with van der Waals surface area (Å²) in [5, 5.41) is 8.42. The molecule has 74 valence electrons. The van der Waals surface area contributed by atoms with Gasteiger partial charge in [-0.15, -0.1) is 0 Å². The molecule has 5 nitrogen and oxygen atoms in total. The molecule has 0 saturated carbocycles. The van der Waals surface area contributed by atoms with Crippen LogP contribution in [0.3, 0.4) is 0 Å². The second-order valence-corrected chi connectivity index (χ2v) is 2.42. The molecule has 0 aromatic carbocycles. The number of pyridine rings is 1. The zero-order valence-electron chi connectivity index (χ0n) is 7.67. The van der Waals surface area contributed by atoms with Crippen LogP contribution in [0.4, 0.5) is 0 Å². The molecular weight excluding hydrogens is 184 g/mol. The molecule has 1 aromatic heterocycles. The predicted molar refractivity (Wildman–Crippen MR) is 50.3 cm³/mol. The van der Waals surface area contributed by atoms with Crippen molar-refractivity contribution in [1.82, 2.24) is 4.98 Å². The highest BCUT2D eigenvalue weighted by Crippen LogP contribution is 1.99. The van der Waals surface area contributed by atoms with Gasteiger partial charge in [-0.1, -0.05) is 0 Å². The van der Waals surface area contributed by atoms with Crippen molar-refractivity contribution in [3.8, 4) is 0 Å². The second kappa shape index (κ2) is 5.08. The number of aromatic nitrogens is 1. The van der Waals surface area contributed by atoms with Gasteiger partial charge in [-0.25, -0.2) is 9.78 Å². The summed E-state index contributed by atoms with van der Waals surface area (Å²) >= 11 is 0. The molecule has 0 unspecified atom stereocenters. The third-order valence-corrected chi connectivity index (χ3v) is 1.50. The molecule has 0 aliphatic heterocycles. The summed E-state index contributed by atoms with van der Waals surface area (Å²) in [5.41, 5.74) is 0.959. The first-order chi connectivity index (χ1) is 6.77. The van der Waals surface area contributed by atoms with E-state index in [4.69, 9.17) is 5.11 Å². The summed E-state index contributed by atoms with van der Waals surface area (Å²) in [5.74, 6) is -0.476. The van der Waals surface area contributed by atoms with Gasteiger partial charge in [0.2, 0.25) is 0 Å². The molecule has 1 aromatic rings. The van der Waals surface area contributed by atoms with Crippen LogP contribution in [0.2, 0.25) is 0 Å². The predicted octanol–water partition coefficient (Wildman–Crippen LogP) is 0.237. The highest BCUT2D eigenvalue weighted by molar-refractivity contribution is 5.88. The average molecular weight is 194 g/mol. The minimum Gasteiger partial charge on any atom is -0.464 e. The average Bonchev–Trinajstić information content (AvgIpc) is 2.26. The SMILES string of the molecule is COC(=O)c1ccc(C=NCO)cn1. The molecule has 0 spiro atoms. The number of methoxy groups -OCH3 is 1. The van der Waals surface area contributed by atoms with Gasteiger partial charge in [-0.3, -0.25) is 4.99 Å². The van der Waals surface area contributed by atoms with Crippen LogP contribution in [-0.4, -0.2) is 36.1 Å². The molecule has 14 heavy (non-hydrogen) atoms. The number of hydrogen-bond acceptors (Lipinski definition) is 5. The number of aliphatic hydroxyl groups is 1. The molecule has 0 atom stereocenters. The first-order valence-corrected chi connectivity index (χ1v) is 3.93. The molecule has 0 saturated heterocycles. The lowest BCUT2D eigenvalue weighted by Gasteiger charge is -1.97. The quantitative estimate of drug-likeness (QED) is 0.552. The molecular formula is C9H10N2O3. The fourth-order valence-corrected chi connectivity index (χ4v) is 0.853. The fraction of sp³-hybridized carbons (Fsp3) is 0.222. The highest BCUT2D eigenvalue weighted by atomic mass is 16.5. The van der Waals surface area contributed by atoms with Crippen molar-refractivity contribution in [2.45, 2.75) is 0 Å². The van der Waals surface area contributed by atoms with Gasteiger partial charge in [0.15, 0.2) is 0 Å². The van der Waals surface area contributed by atoms with E-state index < -0.39 is 5.97 Å². The van der Waals surface area contributed by atoms with Gasteiger partial charge >= 0.3 is 5.97 Å². The summed E-state index contributed by atoms with van der Waals surface area (Å²) in [6.07, 6.45) is 2.94. The number of carbonyl (C=O) groups excluding carboxylic acids is 1. The molecule has 0 radical (unpaired) electrons. The summed E-state index contributed by atoms with van der Waals surface area (Å²) in [6.45, 7) is -0.265. The number of hydrogen-bond donors (Lipinski definition) is 1. The van der Waals surface area contributed by atoms with Crippen LogP contribution >= 0.6 is 0 Å². The van der Waals surface area contributed by atoms with Crippen LogP contribution in [0.1, 0.15) is 16.1 Å². The standard InChI is InChI=1S/C9H10N2O3/c1-14-9(13)8-3-2-7(5-11-8)4-10-6-12/h2-5,12H,6H2,1H3. The van der Waals surface area contributed by atoms with Crippen molar-refractivity contribution in [1.29, 1.82) is 0 Å². The summed E-state index contributed by atoms with van der Waals surface area (Å²) in [4.78, 5) is 18.4. The first-order valence-electron chi connectivity index (χ1n) is 3.93. The Bertz CT molecular complexity index is 332. The van der Waals surface area contributed by atoms with E-state index in [1.165, 1.54) is 25.6 Å². The van der Waals surface area contributed by atoms with Gasteiger partial charge in [0, 0.05) is 18.0 Å². The topological polar surface area (TPSA) is 71.8 Å². The zero-order chi connectivity index (χ0) is 10.4. The lowest BCUT2D eigenvalue weighted by Crippen LogP contribution is -2.03. The Labute approximate surface area is 81.1 Å². The van der Waals surface area contributed by atoms with Crippen molar-refractivity contribution in [3.05, 3.63) is 29.6 Å². The van der Waals surface area contributed by atoms with E-state index in [0.29, 0.717) is 5.56 Å². The highest BCUT2D eigenvalue weighted by Gasteiger charge is 2.04. The molecule has 0 fully saturated rings. The Morgan fingerprint density at radius 1 is 1.71 bits per heavy atom. The number of nitrogens with zero attached hydrogens (tertiary/aromatic N) is 2. The normalized spacial score (nSPS) is 10.4. The van der Waals surface area contributed by atoms with E-state index in [2.05, 4.69) is 14.7 Å². The van der Waals surface area contributed by atoms with Crippen molar-refractivity contribution in [2.24, 2.45) is 4.99 Å². The van der Waals surface area contributed by atoms with Crippen LogP contribution in [0.15, 0.2) is 23.3 Å². The summed E-state index contributed by atoms with van der Waals surface area (Å²) in [6, 6.07) is 3.20. The number of esters is 1. The maximum Gasteiger partial charge on any atom is 0.356 e. The monoisotopic (exact) mass is 194 g/mol. The maximum absolute atomic E-state index is 11.0. The molecule has 0 bridgehead atoms. The lowest BCUT2D eigenvalue weighted by atomic mass is 10.2. The third kappa shape index (κ3) is 2.63. The van der Waals surface area contributed by atoms with E-state index >= 15 is 0 Å². The van der Waals surface area contributed by atoms with E-state index in [1.54, 1.807) is 6.07 Å². The maximum atomic E-state index is 11.0. The smallest absolute Gasteiger partial charge is 0.356 e. The Morgan fingerprint density at radius 3 is 3.00 bits per heavy atom. The molecule has 5 heteroatoms. The third-order valence-electron chi connectivity index (χ3n) is 1.50. The molecule has 0 amide bonds.